The number of hydrogen-bond acceptors (Lipinski definition) is 5. The lowest BCUT2D eigenvalue weighted by atomic mass is 10.1. The third-order valence-electron chi connectivity index (χ3n) is 4.52. The molecule has 0 unspecified atom stereocenters. The summed E-state index contributed by atoms with van der Waals surface area (Å²) in [6, 6.07) is 17.1. The summed E-state index contributed by atoms with van der Waals surface area (Å²) in [6.45, 7) is 2.09. The summed E-state index contributed by atoms with van der Waals surface area (Å²) < 4.78 is 36.7. The molecule has 0 fully saturated rings. The molecule has 0 bridgehead atoms. The van der Waals surface area contributed by atoms with Crippen LogP contribution in [-0.2, 0) is 16.6 Å². The van der Waals surface area contributed by atoms with Crippen molar-refractivity contribution >= 4 is 38.9 Å². The van der Waals surface area contributed by atoms with E-state index in [1.165, 1.54) is 7.11 Å². The molecule has 3 aromatic rings. The van der Waals surface area contributed by atoms with Crippen molar-refractivity contribution in [2.24, 2.45) is 0 Å². The van der Waals surface area contributed by atoms with Crippen LogP contribution in [0.15, 0.2) is 60.7 Å². The van der Waals surface area contributed by atoms with Gasteiger partial charge in [-0.2, -0.15) is 0 Å². The first-order valence-corrected chi connectivity index (χ1v) is 11.9. The average Bonchev–Trinajstić information content (AvgIpc) is 2.74. The molecule has 7 nitrogen and oxygen atoms in total. The molecule has 2 N–H and O–H groups in total. The summed E-state index contributed by atoms with van der Waals surface area (Å²) in [4.78, 5) is 12.7. The lowest BCUT2D eigenvalue weighted by Gasteiger charge is -2.13. The van der Waals surface area contributed by atoms with Crippen LogP contribution in [0.5, 0.6) is 11.5 Å². The van der Waals surface area contributed by atoms with Gasteiger partial charge in [-0.25, -0.2) is 8.42 Å². The first-order chi connectivity index (χ1) is 15.1. The summed E-state index contributed by atoms with van der Waals surface area (Å²) in [6.07, 6.45) is 1.07. The minimum Gasteiger partial charge on any atom is -0.493 e. The van der Waals surface area contributed by atoms with Crippen molar-refractivity contribution in [1.29, 1.82) is 0 Å². The number of carbonyl (C=O) groups is 1. The number of anilines is 2. The van der Waals surface area contributed by atoms with Gasteiger partial charge in [-0.3, -0.25) is 9.52 Å². The van der Waals surface area contributed by atoms with Crippen LogP contribution in [0, 0.1) is 6.92 Å². The highest BCUT2D eigenvalue weighted by atomic mass is 35.5. The van der Waals surface area contributed by atoms with E-state index in [1.807, 2.05) is 12.1 Å². The molecule has 9 heteroatoms. The number of hydrogen-bond donors (Lipinski definition) is 2. The van der Waals surface area contributed by atoms with E-state index in [1.54, 1.807) is 55.5 Å². The van der Waals surface area contributed by atoms with Gasteiger partial charge in [0.25, 0.3) is 5.91 Å². The molecule has 0 aromatic heterocycles. The van der Waals surface area contributed by atoms with E-state index in [4.69, 9.17) is 21.1 Å². The van der Waals surface area contributed by atoms with Gasteiger partial charge in [-0.05, 0) is 60.5 Å². The monoisotopic (exact) mass is 474 g/mol. The summed E-state index contributed by atoms with van der Waals surface area (Å²) in [7, 11) is -1.94. The summed E-state index contributed by atoms with van der Waals surface area (Å²) in [5.74, 6) is 0.533. The van der Waals surface area contributed by atoms with Crippen molar-refractivity contribution in [2.75, 3.05) is 23.4 Å². The van der Waals surface area contributed by atoms with Crippen molar-refractivity contribution in [2.45, 2.75) is 13.5 Å². The van der Waals surface area contributed by atoms with Gasteiger partial charge in [0, 0.05) is 16.3 Å². The number of halogens is 1. The Kier molecular flexibility index (Phi) is 7.27. The summed E-state index contributed by atoms with van der Waals surface area (Å²) in [5, 5.41) is 3.41. The van der Waals surface area contributed by atoms with Crippen LogP contribution in [0.1, 0.15) is 21.5 Å². The van der Waals surface area contributed by atoms with Crippen LogP contribution in [-0.4, -0.2) is 27.7 Å². The maximum Gasteiger partial charge on any atom is 0.255 e. The quantitative estimate of drug-likeness (QED) is 0.486. The smallest absolute Gasteiger partial charge is 0.255 e. The zero-order valence-electron chi connectivity index (χ0n) is 17.8. The zero-order valence-corrected chi connectivity index (χ0v) is 19.4. The Labute approximate surface area is 192 Å². The summed E-state index contributed by atoms with van der Waals surface area (Å²) >= 11 is 5.90. The third kappa shape index (κ3) is 6.38. The Hall–Kier alpha value is -3.23. The van der Waals surface area contributed by atoms with Crippen LogP contribution in [0.25, 0.3) is 0 Å². The van der Waals surface area contributed by atoms with Gasteiger partial charge in [0.05, 0.1) is 19.1 Å². The van der Waals surface area contributed by atoms with Gasteiger partial charge in [-0.1, -0.05) is 29.8 Å². The van der Waals surface area contributed by atoms with Crippen LogP contribution >= 0.6 is 11.6 Å². The molecule has 168 valence electrons. The van der Waals surface area contributed by atoms with Crippen LogP contribution in [0.4, 0.5) is 11.4 Å². The largest absolute Gasteiger partial charge is 0.493 e. The highest BCUT2D eigenvalue weighted by molar-refractivity contribution is 7.92. The second kappa shape index (κ2) is 9.93. The number of benzene rings is 3. The molecule has 32 heavy (non-hydrogen) atoms. The van der Waals surface area contributed by atoms with Gasteiger partial charge in [0.15, 0.2) is 11.5 Å². The minimum absolute atomic E-state index is 0.318. The van der Waals surface area contributed by atoms with Crippen molar-refractivity contribution in [3.8, 4) is 11.5 Å². The maximum absolute atomic E-state index is 12.7. The molecule has 0 heterocycles. The molecular formula is C23H23ClN2O5S. The molecule has 0 radical (unpaired) electrons. The predicted molar refractivity (Wildman–Crippen MR) is 126 cm³/mol. The number of sulfonamides is 1. The molecule has 1 amide bonds. The highest BCUT2D eigenvalue weighted by Crippen LogP contribution is 2.30. The summed E-state index contributed by atoms with van der Waals surface area (Å²) in [5.41, 5.74) is 2.88. The van der Waals surface area contributed by atoms with E-state index in [-0.39, 0.29) is 5.91 Å². The van der Waals surface area contributed by atoms with E-state index in [0.717, 1.165) is 17.4 Å². The van der Waals surface area contributed by atoms with E-state index in [0.29, 0.717) is 40.1 Å². The van der Waals surface area contributed by atoms with Gasteiger partial charge in [-0.15, -0.1) is 0 Å². The van der Waals surface area contributed by atoms with Crippen molar-refractivity contribution < 1.29 is 22.7 Å². The molecule has 0 aliphatic rings. The van der Waals surface area contributed by atoms with Gasteiger partial charge in [0.1, 0.15) is 6.61 Å². The fraction of sp³-hybridized carbons (Fsp3) is 0.174. The molecule has 0 spiro atoms. The Morgan fingerprint density at radius 2 is 1.72 bits per heavy atom. The topological polar surface area (TPSA) is 93.7 Å². The van der Waals surface area contributed by atoms with E-state index in [2.05, 4.69) is 10.0 Å². The molecular weight excluding hydrogens is 452 g/mol. The third-order valence-corrected chi connectivity index (χ3v) is 5.37. The standard InChI is InChI=1S/C23H23ClN2O5S/c1-15-4-10-19(13-20(15)26-32(3,28)29)25-23(27)17-7-11-21(22(12-17)30-2)31-14-16-5-8-18(24)9-6-16/h4-13,26H,14H2,1-3H3,(H,25,27). The number of nitrogens with one attached hydrogen (secondary N) is 2. The van der Waals surface area contributed by atoms with E-state index >= 15 is 0 Å². The van der Waals surface area contributed by atoms with Crippen LogP contribution in [0.2, 0.25) is 5.02 Å². The number of aryl methyl sites for hydroxylation is 1. The van der Waals surface area contributed by atoms with Gasteiger partial charge < -0.3 is 14.8 Å². The highest BCUT2D eigenvalue weighted by Gasteiger charge is 2.13. The lowest BCUT2D eigenvalue weighted by molar-refractivity contribution is 0.102. The Balaban J connectivity index is 1.73. The van der Waals surface area contributed by atoms with Crippen molar-refractivity contribution in [3.05, 3.63) is 82.4 Å². The second-order valence-electron chi connectivity index (χ2n) is 7.14. The van der Waals surface area contributed by atoms with Gasteiger partial charge >= 0.3 is 0 Å². The Bertz CT molecular complexity index is 1230. The zero-order chi connectivity index (χ0) is 23.3. The minimum atomic E-state index is -3.44. The van der Waals surface area contributed by atoms with Gasteiger partial charge in [0.2, 0.25) is 10.0 Å². The average molecular weight is 475 g/mol. The molecule has 0 saturated heterocycles. The van der Waals surface area contributed by atoms with Crippen molar-refractivity contribution in [1.82, 2.24) is 0 Å². The fourth-order valence-electron chi connectivity index (χ4n) is 2.88. The maximum atomic E-state index is 12.7. The number of ether oxygens (including phenoxy) is 2. The predicted octanol–water partition coefficient (Wildman–Crippen LogP) is 4.86. The van der Waals surface area contributed by atoms with E-state index in [9.17, 15) is 13.2 Å². The second-order valence-corrected chi connectivity index (χ2v) is 9.32. The SMILES string of the molecule is COc1cc(C(=O)Nc2ccc(C)c(NS(C)(=O)=O)c2)ccc1OCc1ccc(Cl)cc1. The lowest BCUT2D eigenvalue weighted by Crippen LogP contribution is -2.14. The number of rotatable bonds is 8. The fourth-order valence-corrected chi connectivity index (χ4v) is 3.63. The van der Waals surface area contributed by atoms with Crippen LogP contribution in [0.3, 0.4) is 0 Å². The first-order valence-electron chi connectivity index (χ1n) is 9.59. The molecule has 0 aliphatic heterocycles. The Morgan fingerprint density at radius 3 is 2.38 bits per heavy atom. The number of carbonyl (C=O) groups excluding carboxylic acids is 1. The van der Waals surface area contributed by atoms with E-state index < -0.39 is 10.0 Å². The Morgan fingerprint density at radius 1 is 1.00 bits per heavy atom. The van der Waals surface area contributed by atoms with Crippen molar-refractivity contribution in [3.63, 3.8) is 0 Å². The molecule has 3 rings (SSSR count). The first kappa shape index (κ1) is 23.4. The molecule has 3 aromatic carbocycles. The number of amides is 1. The molecule has 0 saturated carbocycles. The number of methoxy groups -OCH3 is 1. The normalized spacial score (nSPS) is 11.0. The molecule has 0 aliphatic carbocycles. The molecule has 0 atom stereocenters. The van der Waals surface area contributed by atoms with Crippen LogP contribution < -0.4 is 19.5 Å².